The fraction of sp³-hybridized carbons (Fsp3) is 0.250. The molecule has 0 aliphatic carbocycles. The highest BCUT2D eigenvalue weighted by Gasteiger charge is 2.49. The summed E-state index contributed by atoms with van der Waals surface area (Å²) in [6, 6.07) is 10.5. The molecule has 12 heteroatoms. The Balaban J connectivity index is 1.61. The molecule has 1 aromatic carbocycles. The van der Waals surface area contributed by atoms with E-state index in [1.807, 2.05) is 11.8 Å². The molecule has 1 amide bonds. The molecule has 0 bridgehead atoms. The van der Waals surface area contributed by atoms with E-state index >= 15 is 0 Å². The largest absolute Gasteiger partial charge is 0.368 e. The Morgan fingerprint density at radius 1 is 1.25 bits per heavy atom. The van der Waals surface area contributed by atoms with Gasteiger partial charge in [-0.05, 0) is 37.6 Å². The molecule has 0 unspecified atom stereocenters. The summed E-state index contributed by atoms with van der Waals surface area (Å²) in [7, 11) is 0. The fourth-order valence-electron chi connectivity index (χ4n) is 4.97. The minimum absolute atomic E-state index is 0.0763. The highest BCUT2D eigenvalue weighted by molar-refractivity contribution is 6.33. The minimum atomic E-state index is -0.834. The lowest BCUT2D eigenvalue weighted by Gasteiger charge is -2.51. The zero-order chi connectivity index (χ0) is 25.2. The summed E-state index contributed by atoms with van der Waals surface area (Å²) >= 11 is 6.34. The number of halogens is 1. The van der Waals surface area contributed by atoms with Gasteiger partial charge in [-0.1, -0.05) is 17.7 Å². The lowest BCUT2D eigenvalue weighted by atomic mass is 9.84. The van der Waals surface area contributed by atoms with Crippen molar-refractivity contribution in [1.29, 1.82) is 5.26 Å². The molecule has 2 aliphatic heterocycles. The predicted octanol–water partition coefficient (Wildman–Crippen LogP) is 1.79. The molecular formula is C24H20ClN9O2. The van der Waals surface area contributed by atoms with Gasteiger partial charge >= 0.3 is 0 Å². The van der Waals surface area contributed by atoms with Gasteiger partial charge in [0, 0.05) is 25.7 Å². The molecular weight excluding hydrogens is 482 g/mol. The third-order valence-corrected chi connectivity index (χ3v) is 7.19. The Bertz CT molecular complexity index is 1690. The van der Waals surface area contributed by atoms with Crippen LogP contribution < -0.4 is 21.5 Å². The number of nitrogen functional groups attached to an aromatic ring is 1. The molecule has 2 aliphatic rings. The van der Waals surface area contributed by atoms with E-state index in [2.05, 4.69) is 21.4 Å². The normalized spacial score (nSPS) is 18.9. The molecule has 6 rings (SSSR count). The van der Waals surface area contributed by atoms with E-state index in [9.17, 15) is 14.9 Å². The summed E-state index contributed by atoms with van der Waals surface area (Å²) in [5, 5.41) is 17.4. The monoisotopic (exact) mass is 501 g/mol. The molecule has 0 saturated carbocycles. The Morgan fingerprint density at radius 3 is 2.83 bits per heavy atom. The van der Waals surface area contributed by atoms with Crippen molar-refractivity contribution in [2.75, 3.05) is 23.7 Å². The Kier molecular flexibility index (Phi) is 4.77. The van der Waals surface area contributed by atoms with E-state index in [0.717, 1.165) is 0 Å². The molecule has 1 fully saturated rings. The van der Waals surface area contributed by atoms with Gasteiger partial charge in [0.2, 0.25) is 5.95 Å². The number of fused-ring (bicyclic) bond motifs is 2. The summed E-state index contributed by atoms with van der Waals surface area (Å²) in [4.78, 5) is 37.3. The van der Waals surface area contributed by atoms with Gasteiger partial charge in [0.1, 0.15) is 22.4 Å². The third-order valence-electron chi connectivity index (χ3n) is 6.88. The second-order valence-corrected chi connectivity index (χ2v) is 9.40. The van der Waals surface area contributed by atoms with E-state index in [4.69, 9.17) is 22.4 Å². The first-order valence-corrected chi connectivity index (χ1v) is 11.7. The van der Waals surface area contributed by atoms with E-state index < -0.39 is 5.54 Å². The summed E-state index contributed by atoms with van der Waals surface area (Å²) in [6.45, 7) is 2.97. The molecule has 0 spiro atoms. The maximum Gasteiger partial charge on any atom is 0.284 e. The standard InChI is InChI=1S/C24H20ClN9O2/c1-24(7-10-32(24)19-17-16(29-23(27)30-19)5-8-28-20(17)35)22-31-33-9-6-15(25)18(33)21(36)34(22)14-4-2-3-13(11-14)12-26/h2-4,6,9,11H,5,7-8,10H2,1H3,(H,28,35)(H2,27,29,30)/t24-/m0/s1. The van der Waals surface area contributed by atoms with Crippen LogP contribution in [-0.2, 0) is 12.0 Å². The molecule has 5 heterocycles. The molecule has 1 atom stereocenters. The van der Waals surface area contributed by atoms with Gasteiger partial charge in [0.25, 0.3) is 11.5 Å². The minimum Gasteiger partial charge on any atom is -0.368 e. The van der Waals surface area contributed by atoms with Crippen molar-refractivity contribution in [2.45, 2.75) is 25.3 Å². The maximum atomic E-state index is 13.8. The van der Waals surface area contributed by atoms with Crippen molar-refractivity contribution in [1.82, 2.24) is 29.5 Å². The highest BCUT2D eigenvalue weighted by Crippen LogP contribution is 2.44. The number of amides is 1. The number of hydrogen-bond donors (Lipinski definition) is 2. The summed E-state index contributed by atoms with van der Waals surface area (Å²) in [6.07, 6.45) is 2.80. The maximum absolute atomic E-state index is 13.8. The molecule has 180 valence electrons. The van der Waals surface area contributed by atoms with Crippen LogP contribution in [0.25, 0.3) is 11.2 Å². The number of nitrogens with zero attached hydrogens (tertiary/aromatic N) is 7. The van der Waals surface area contributed by atoms with Gasteiger partial charge in [-0.15, -0.1) is 0 Å². The molecule has 4 aromatic rings. The van der Waals surface area contributed by atoms with Gasteiger partial charge in [0.05, 0.1) is 28.0 Å². The van der Waals surface area contributed by atoms with Gasteiger partial charge < -0.3 is 16.0 Å². The lowest BCUT2D eigenvalue weighted by Crippen LogP contribution is -2.59. The van der Waals surface area contributed by atoms with Crippen molar-refractivity contribution in [3.8, 4) is 11.8 Å². The Labute approximate surface area is 209 Å². The highest BCUT2D eigenvalue weighted by atomic mass is 35.5. The summed E-state index contributed by atoms with van der Waals surface area (Å²) in [5.41, 5.74) is 6.90. The van der Waals surface area contributed by atoms with Crippen LogP contribution in [0.1, 0.15) is 40.8 Å². The summed E-state index contributed by atoms with van der Waals surface area (Å²) in [5.74, 6) is 0.629. The van der Waals surface area contributed by atoms with Crippen molar-refractivity contribution in [3.05, 3.63) is 74.6 Å². The number of nitrogens with one attached hydrogen (secondary N) is 1. The van der Waals surface area contributed by atoms with Crippen molar-refractivity contribution in [3.63, 3.8) is 0 Å². The Hall–Kier alpha value is -4.43. The SMILES string of the molecule is C[C@@]1(c2nn3ccc(Cl)c3c(=O)n2-c2cccc(C#N)c2)CCN1c1nc(N)nc2c1C(=O)NCC2. The van der Waals surface area contributed by atoms with Gasteiger partial charge in [0.15, 0.2) is 5.82 Å². The summed E-state index contributed by atoms with van der Waals surface area (Å²) < 4.78 is 2.94. The quantitative estimate of drug-likeness (QED) is 0.432. The van der Waals surface area contributed by atoms with Crippen LogP contribution in [0.3, 0.4) is 0 Å². The van der Waals surface area contributed by atoms with E-state index in [1.54, 1.807) is 36.5 Å². The van der Waals surface area contributed by atoms with E-state index in [0.29, 0.717) is 60.1 Å². The van der Waals surface area contributed by atoms with Gasteiger partial charge in [-0.25, -0.2) is 9.50 Å². The number of aromatic nitrogens is 5. The number of nitrogens with two attached hydrogens (primary N) is 1. The van der Waals surface area contributed by atoms with Crippen LogP contribution in [0.15, 0.2) is 41.3 Å². The number of carbonyl (C=O) groups excluding carboxylic acids is 1. The zero-order valence-corrected chi connectivity index (χ0v) is 20.0. The first-order chi connectivity index (χ1) is 17.3. The zero-order valence-electron chi connectivity index (χ0n) is 19.2. The van der Waals surface area contributed by atoms with Crippen LogP contribution in [0.4, 0.5) is 11.8 Å². The molecule has 3 aromatic heterocycles. The van der Waals surface area contributed by atoms with Crippen molar-refractivity contribution in [2.24, 2.45) is 0 Å². The van der Waals surface area contributed by atoms with Crippen LogP contribution >= 0.6 is 11.6 Å². The third kappa shape index (κ3) is 3.08. The first-order valence-electron chi connectivity index (χ1n) is 11.3. The van der Waals surface area contributed by atoms with Crippen molar-refractivity contribution < 1.29 is 4.79 Å². The van der Waals surface area contributed by atoms with Gasteiger partial charge in [-0.3, -0.25) is 14.2 Å². The molecule has 3 N–H and O–H groups in total. The van der Waals surface area contributed by atoms with E-state index in [-0.39, 0.29) is 28.0 Å². The number of rotatable bonds is 3. The molecule has 11 nitrogen and oxygen atoms in total. The molecule has 1 saturated heterocycles. The van der Waals surface area contributed by atoms with Crippen LogP contribution in [0.5, 0.6) is 0 Å². The smallest absolute Gasteiger partial charge is 0.284 e. The van der Waals surface area contributed by atoms with Crippen LogP contribution in [0.2, 0.25) is 5.02 Å². The Morgan fingerprint density at radius 2 is 2.08 bits per heavy atom. The fourth-order valence-corrected chi connectivity index (χ4v) is 5.19. The lowest BCUT2D eigenvalue weighted by molar-refractivity contribution is 0.0944. The molecule has 0 radical (unpaired) electrons. The number of nitriles is 1. The first kappa shape index (κ1) is 22.1. The number of carbonyl (C=O) groups is 1. The average Bonchev–Trinajstić information content (AvgIpc) is 3.23. The van der Waals surface area contributed by atoms with Crippen LogP contribution in [0, 0.1) is 11.3 Å². The predicted molar refractivity (Wildman–Crippen MR) is 132 cm³/mol. The topological polar surface area (TPSA) is 147 Å². The average molecular weight is 502 g/mol. The van der Waals surface area contributed by atoms with Crippen molar-refractivity contribution >= 4 is 34.8 Å². The second kappa shape index (κ2) is 7.79. The second-order valence-electron chi connectivity index (χ2n) is 8.99. The number of anilines is 2. The van der Waals surface area contributed by atoms with Gasteiger partial charge in [-0.2, -0.15) is 15.3 Å². The van der Waals surface area contributed by atoms with Crippen LogP contribution in [-0.4, -0.2) is 43.1 Å². The molecule has 36 heavy (non-hydrogen) atoms. The number of hydrogen-bond acceptors (Lipinski definition) is 8. The van der Waals surface area contributed by atoms with E-state index in [1.165, 1.54) is 9.08 Å². The number of benzene rings is 1.